The van der Waals surface area contributed by atoms with Crippen LogP contribution in [-0.4, -0.2) is 40.0 Å². The Bertz CT molecular complexity index is 610. The van der Waals surface area contributed by atoms with Crippen LogP contribution in [0.15, 0.2) is 24.3 Å². The van der Waals surface area contributed by atoms with Crippen LogP contribution in [0.3, 0.4) is 0 Å². The second-order valence-corrected chi connectivity index (χ2v) is 7.45. The zero-order chi connectivity index (χ0) is 18.6. The van der Waals surface area contributed by atoms with E-state index in [1.165, 1.54) is 0 Å². The average molecular weight is 346 g/mol. The monoisotopic (exact) mass is 346 g/mol. The molecule has 2 amide bonds. The molecule has 1 aliphatic heterocycles. The van der Waals surface area contributed by atoms with Crippen LogP contribution in [-0.2, 0) is 16.1 Å². The van der Waals surface area contributed by atoms with Crippen LogP contribution in [0.25, 0.3) is 0 Å². The molecular formula is C20H30N2O3. The molecule has 0 aromatic heterocycles. The predicted molar refractivity (Wildman–Crippen MR) is 97.8 cm³/mol. The number of amides is 2. The van der Waals surface area contributed by atoms with Crippen molar-refractivity contribution in [2.75, 3.05) is 6.54 Å². The van der Waals surface area contributed by atoms with E-state index in [9.17, 15) is 14.7 Å². The molecule has 2 N–H and O–H groups in total. The minimum Gasteiger partial charge on any atom is -0.388 e. The first-order chi connectivity index (χ1) is 11.7. The lowest BCUT2D eigenvalue weighted by atomic mass is 9.88. The summed E-state index contributed by atoms with van der Waals surface area (Å²) < 4.78 is 0. The molecule has 1 aromatic carbocycles. The van der Waals surface area contributed by atoms with Crippen molar-refractivity contribution in [2.24, 2.45) is 5.92 Å². The molecule has 3 unspecified atom stereocenters. The molecule has 1 heterocycles. The number of likely N-dealkylation sites (tertiary alicyclic amines) is 1. The minimum absolute atomic E-state index is 0.00871. The molecule has 3 atom stereocenters. The Hall–Kier alpha value is -1.88. The van der Waals surface area contributed by atoms with Gasteiger partial charge in [-0.05, 0) is 31.7 Å². The third-order valence-electron chi connectivity index (χ3n) is 5.40. The summed E-state index contributed by atoms with van der Waals surface area (Å²) in [5.41, 5.74) is 1.23. The van der Waals surface area contributed by atoms with Crippen LogP contribution in [0.2, 0.25) is 0 Å². The lowest BCUT2D eigenvalue weighted by Gasteiger charge is -2.31. The van der Waals surface area contributed by atoms with Gasteiger partial charge in [0.1, 0.15) is 6.04 Å². The first kappa shape index (κ1) is 19.4. The van der Waals surface area contributed by atoms with Crippen molar-refractivity contribution in [3.05, 3.63) is 35.4 Å². The Kier molecular flexibility index (Phi) is 6.22. The van der Waals surface area contributed by atoms with E-state index in [1.807, 2.05) is 45.0 Å². The predicted octanol–water partition coefficient (Wildman–Crippen LogP) is 2.40. The number of aryl methyl sites for hydroxylation is 1. The lowest BCUT2D eigenvalue weighted by Crippen LogP contribution is -2.50. The van der Waals surface area contributed by atoms with Crippen molar-refractivity contribution in [1.82, 2.24) is 10.2 Å². The van der Waals surface area contributed by atoms with E-state index in [2.05, 4.69) is 5.32 Å². The van der Waals surface area contributed by atoms with Crippen molar-refractivity contribution in [2.45, 2.75) is 65.1 Å². The molecule has 138 valence electrons. The lowest BCUT2D eigenvalue weighted by molar-refractivity contribution is -0.136. The van der Waals surface area contributed by atoms with Crippen LogP contribution in [0.5, 0.6) is 0 Å². The minimum atomic E-state index is -0.950. The number of benzene rings is 1. The van der Waals surface area contributed by atoms with Crippen LogP contribution < -0.4 is 5.32 Å². The number of aliphatic hydroxyl groups is 1. The molecule has 1 saturated heterocycles. The zero-order valence-corrected chi connectivity index (χ0v) is 15.7. The van der Waals surface area contributed by atoms with E-state index >= 15 is 0 Å². The first-order valence-electron chi connectivity index (χ1n) is 9.09. The van der Waals surface area contributed by atoms with E-state index in [0.717, 1.165) is 17.5 Å². The Morgan fingerprint density at radius 2 is 2.04 bits per heavy atom. The number of rotatable bonds is 7. The van der Waals surface area contributed by atoms with Gasteiger partial charge in [0, 0.05) is 19.5 Å². The van der Waals surface area contributed by atoms with E-state index in [0.29, 0.717) is 19.4 Å². The second kappa shape index (κ2) is 8.00. The summed E-state index contributed by atoms with van der Waals surface area (Å²) in [5.74, 6) is -0.0855. The molecule has 1 aromatic rings. The van der Waals surface area contributed by atoms with Crippen molar-refractivity contribution in [3.8, 4) is 0 Å². The maximum absolute atomic E-state index is 12.6. The van der Waals surface area contributed by atoms with Crippen LogP contribution >= 0.6 is 0 Å². The number of hydrogen-bond donors (Lipinski definition) is 2. The number of carbonyl (C=O) groups is 2. The van der Waals surface area contributed by atoms with E-state index in [1.54, 1.807) is 11.8 Å². The van der Waals surface area contributed by atoms with E-state index in [-0.39, 0.29) is 24.3 Å². The Labute approximate surface area is 150 Å². The number of nitrogens with zero attached hydrogens (tertiary/aromatic N) is 1. The first-order valence-corrected chi connectivity index (χ1v) is 9.09. The highest BCUT2D eigenvalue weighted by atomic mass is 16.3. The Balaban J connectivity index is 2.00. The zero-order valence-electron chi connectivity index (χ0n) is 15.7. The van der Waals surface area contributed by atoms with Gasteiger partial charge in [0.2, 0.25) is 11.8 Å². The van der Waals surface area contributed by atoms with Gasteiger partial charge in [-0.25, -0.2) is 0 Å². The van der Waals surface area contributed by atoms with Gasteiger partial charge in [-0.3, -0.25) is 9.59 Å². The molecule has 1 fully saturated rings. The Morgan fingerprint density at radius 1 is 1.40 bits per heavy atom. The van der Waals surface area contributed by atoms with Gasteiger partial charge in [0.05, 0.1) is 5.60 Å². The van der Waals surface area contributed by atoms with Gasteiger partial charge in [-0.15, -0.1) is 0 Å². The number of hydrogen-bond acceptors (Lipinski definition) is 3. The van der Waals surface area contributed by atoms with Gasteiger partial charge >= 0.3 is 0 Å². The summed E-state index contributed by atoms with van der Waals surface area (Å²) in [4.78, 5) is 26.5. The fourth-order valence-electron chi connectivity index (χ4n) is 3.09. The maximum Gasteiger partial charge on any atom is 0.242 e. The summed E-state index contributed by atoms with van der Waals surface area (Å²) in [6.45, 7) is 8.38. The number of carbonyl (C=O) groups excluding carboxylic acids is 2. The van der Waals surface area contributed by atoms with Crippen molar-refractivity contribution < 1.29 is 14.7 Å². The smallest absolute Gasteiger partial charge is 0.242 e. The van der Waals surface area contributed by atoms with Crippen molar-refractivity contribution in [1.29, 1.82) is 0 Å². The molecule has 5 nitrogen and oxygen atoms in total. The van der Waals surface area contributed by atoms with Gasteiger partial charge in [0.25, 0.3) is 0 Å². The van der Waals surface area contributed by atoms with Crippen LogP contribution in [0.1, 0.15) is 51.2 Å². The average Bonchev–Trinajstić information content (AvgIpc) is 2.95. The van der Waals surface area contributed by atoms with Crippen molar-refractivity contribution >= 4 is 11.8 Å². The fourth-order valence-corrected chi connectivity index (χ4v) is 3.09. The molecule has 25 heavy (non-hydrogen) atoms. The molecule has 5 heteroatoms. The maximum atomic E-state index is 12.6. The highest BCUT2D eigenvalue weighted by Gasteiger charge is 2.37. The topological polar surface area (TPSA) is 69.6 Å². The Morgan fingerprint density at radius 3 is 2.64 bits per heavy atom. The van der Waals surface area contributed by atoms with Gasteiger partial charge in [-0.2, -0.15) is 0 Å². The summed E-state index contributed by atoms with van der Waals surface area (Å²) in [7, 11) is 0. The molecule has 0 spiro atoms. The molecule has 1 aliphatic rings. The highest BCUT2D eigenvalue weighted by Crippen LogP contribution is 2.23. The summed E-state index contributed by atoms with van der Waals surface area (Å²) in [5, 5.41) is 13.3. The summed E-state index contributed by atoms with van der Waals surface area (Å²) in [6.07, 6.45) is 1.76. The van der Waals surface area contributed by atoms with Crippen LogP contribution in [0, 0.1) is 12.8 Å². The quantitative estimate of drug-likeness (QED) is 0.796. The SMILES string of the molecule is CCC(C)C(C)(O)CNC(=O)C1CCC(=O)N1Cc1ccc(C)cc1. The molecular weight excluding hydrogens is 316 g/mol. The van der Waals surface area contributed by atoms with Crippen LogP contribution in [0.4, 0.5) is 0 Å². The standard InChI is InChI=1S/C20H30N2O3/c1-5-15(3)20(4,25)13-21-19(24)17-10-11-18(23)22(17)12-16-8-6-14(2)7-9-16/h6-9,15,17,25H,5,10-13H2,1-4H3,(H,21,24). The van der Waals surface area contributed by atoms with Gasteiger partial charge in [0.15, 0.2) is 0 Å². The molecule has 0 radical (unpaired) electrons. The molecule has 0 saturated carbocycles. The molecule has 2 rings (SSSR count). The van der Waals surface area contributed by atoms with Gasteiger partial charge in [-0.1, -0.05) is 50.1 Å². The van der Waals surface area contributed by atoms with Crippen molar-refractivity contribution in [3.63, 3.8) is 0 Å². The third kappa shape index (κ3) is 4.82. The molecule has 0 bridgehead atoms. The molecule has 0 aliphatic carbocycles. The van der Waals surface area contributed by atoms with E-state index in [4.69, 9.17) is 0 Å². The normalized spacial score (nSPS) is 21.1. The summed E-state index contributed by atoms with van der Waals surface area (Å²) >= 11 is 0. The fraction of sp³-hybridized carbons (Fsp3) is 0.600. The highest BCUT2D eigenvalue weighted by molar-refractivity contribution is 5.90. The number of nitrogens with one attached hydrogen (secondary N) is 1. The second-order valence-electron chi connectivity index (χ2n) is 7.45. The van der Waals surface area contributed by atoms with Gasteiger partial charge < -0.3 is 15.3 Å². The van der Waals surface area contributed by atoms with E-state index < -0.39 is 11.6 Å². The largest absolute Gasteiger partial charge is 0.388 e. The summed E-state index contributed by atoms with van der Waals surface area (Å²) in [6, 6.07) is 7.54. The third-order valence-corrected chi connectivity index (χ3v) is 5.40.